The summed E-state index contributed by atoms with van der Waals surface area (Å²) < 4.78 is 2.25. The number of aromatic nitrogens is 7. The molecule has 0 atom stereocenters. The summed E-state index contributed by atoms with van der Waals surface area (Å²) in [6.07, 6.45) is 2.85. The first-order valence-electron chi connectivity index (χ1n) is 7.48. The van der Waals surface area contributed by atoms with Crippen molar-refractivity contribution in [3.05, 3.63) is 41.0 Å². The Bertz CT molecular complexity index is 880. The maximum atomic E-state index is 4.75. The molecule has 4 rings (SSSR count). The van der Waals surface area contributed by atoms with Crippen molar-refractivity contribution >= 4 is 22.4 Å². The van der Waals surface area contributed by atoms with Crippen LogP contribution in [0.2, 0.25) is 0 Å². The van der Waals surface area contributed by atoms with Gasteiger partial charge in [0, 0.05) is 18.3 Å². The minimum absolute atomic E-state index is 0.764. The minimum Gasteiger partial charge on any atom is -0.323 e. The molecule has 0 saturated carbocycles. The summed E-state index contributed by atoms with van der Waals surface area (Å²) in [4.78, 5) is 9.17. The van der Waals surface area contributed by atoms with Crippen molar-refractivity contribution in [2.24, 2.45) is 0 Å². The molecular weight excluding hydrogens is 310 g/mol. The van der Waals surface area contributed by atoms with E-state index in [9.17, 15) is 0 Å². The molecule has 8 heteroatoms. The average Bonchev–Trinajstić information content (AvgIpc) is 3.31. The Balaban J connectivity index is 1.56. The number of para-hydroxylation sites is 2. The summed E-state index contributed by atoms with van der Waals surface area (Å²) in [5.74, 6) is 1.70. The lowest BCUT2D eigenvalue weighted by molar-refractivity contribution is 0.615. The molecule has 23 heavy (non-hydrogen) atoms. The average molecular weight is 325 g/mol. The molecule has 0 unspecified atom stereocenters. The Morgan fingerprint density at radius 2 is 2.13 bits per heavy atom. The van der Waals surface area contributed by atoms with E-state index in [0.717, 1.165) is 54.2 Å². The van der Waals surface area contributed by atoms with Crippen molar-refractivity contribution in [1.82, 2.24) is 35.2 Å². The molecule has 116 valence electrons. The molecule has 1 aromatic carbocycles. The fraction of sp³-hybridized carbons (Fsp3) is 0.267. The van der Waals surface area contributed by atoms with Crippen LogP contribution in [-0.2, 0) is 13.0 Å². The molecule has 0 saturated heterocycles. The number of fused-ring (bicyclic) bond motifs is 1. The van der Waals surface area contributed by atoms with Crippen LogP contribution in [0.4, 0.5) is 0 Å². The van der Waals surface area contributed by atoms with Gasteiger partial charge in [-0.1, -0.05) is 17.3 Å². The number of unbranched alkanes of at least 4 members (excludes halogenated alkanes) is 1. The number of nitrogens with one attached hydrogen (secondary N) is 1. The molecule has 0 aliphatic rings. The quantitative estimate of drug-likeness (QED) is 0.551. The van der Waals surface area contributed by atoms with Gasteiger partial charge in [-0.15, -0.1) is 21.5 Å². The third-order valence-corrected chi connectivity index (χ3v) is 4.32. The van der Waals surface area contributed by atoms with Gasteiger partial charge in [0.15, 0.2) is 11.6 Å². The van der Waals surface area contributed by atoms with Crippen LogP contribution >= 0.6 is 11.3 Å². The molecule has 7 nitrogen and oxygen atoms in total. The zero-order chi connectivity index (χ0) is 15.5. The standard InChI is InChI=1S/C15H15N7S/c1-2-6-13-11(5-1)17-15(12-9-23-10-16-12)22(13)8-4-3-7-14-18-20-21-19-14/h1-2,5-6,9-10H,3-4,7-8H2,(H,18,19,20,21). The van der Waals surface area contributed by atoms with E-state index >= 15 is 0 Å². The van der Waals surface area contributed by atoms with Gasteiger partial charge in [0.05, 0.1) is 16.5 Å². The highest BCUT2D eigenvalue weighted by atomic mass is 32.1. The molecule has 0 amide bonds. The van der Waals surface area contributed by atoms with E-state index in [-0.39, 0.29) is 0 Å². The van der Waals surface area contributed by atoms with Gasteiger partial charge in [0.25, 0.3) is 0 Å². The number of aryl methyl sites for hydroxylation is 2. The second-order valence-corrected chi connectivity index (χ2v) is 5.95. The lowest BCUT2D eigenvalue weighted by Crippen LogP contribution is -2.02. The number of thiazole rings is 1. The fourth-order valence-corrected chi connectivity index (χ4v) is 3.19. The number of H-pyrrole nitrogens is 1. The monoisotopic (exact) mass is 325 g/mol. The van der Waals surface area contributed by atoms with Crippen molar-refractivity contribution in [3.63, 3.8) is 0 Å². The number of nitrogens with zero attached hydrogens (tertiary/aromatic N) is 6. The van der Waals surface area contributed by atoms with Crippen LogP contribution in [0, 0.1) is 0 Å². The number of imidazole rings is 1. The highest BCUT2D eigenvalue weighted by Crippen LogP contribution is 2.25. The van der Waals surface area contributed by atoms with Crippen LogP contribution in [0.5, 0.6) is 0 Å². The highest BCUT2D eigenvalue weighted by molar-refractivity contribution is 7.07. The first kappa shape index (κ1) is 14.0. The number of hydrogen-bond acceptors (Lipinski definition) is 6. The Kier molecular flexibility index (Phi) is 3.81. The minimum atomic E-state index is 0.764. The van der Waals surface area contributed by atoms with Crippen molar-refractivity contribution in [2.45, 2.75) is 25.8 Å². The first-order valence-corrected chi connectivity index (χ1v) is 8.42. The van der Waals surface area contributed by atoms with Crippen LogP contribution in [0.15, 0.2) is 35.2 Å². The summed E-state index contributed by atoms with van der Waals surface area (Å²) in [7, 11) is 0. The van der Waals surface area contributed by atoms with Crippen LogP contribution in [0.25, 0.3) is 22.6 Å². The van der Waals surface area contributed by atoms with Crippen LogP contribution in [-0.4, -0.2) is 35.2 Å². The Morgan fingerprint density at radius 3 is 2.96 bits per heavy atom. The first-order chi connectivity index (χ1) is 11.4. The smallest absolute Gasteiger partial charge is 0.174 e. The number of benzene rings is 1. The van der Waals surface area contributed by atoms with Crippen molar-refractivity contribution in [2.75, 3.05) is 0 Å². The zero-order valence-electron chi connectivity index (χ0n) is 12.4. The lowest BCUT2D eigenvalue weighted by Gasteiger charge is -2.07. The summed E-state index contributed by atoms with van der Waals surface area (Å²) in [5, 5.41) is 16.1. The van der Waals surface area contributed by atoms with Gasteiger partial charge in [-0.2, -0.15) is 5.21 Å². The summed E-state index contributed by atoms with van der Waals surface area (Å²) >= 11 is 1.59. The van der Waals surface area contributed by atoms with Gasteiger partial charge in [-0.05, 0) is 25.0 Å². The molecule has 3 aromatic heterocycles. The molecule has 0 aliphatic carbocycles. The normalized spacial score (nSPS) is 11.3. The molecular formula is C15H15N7S. The molecule has 0 radical (unpaired) electrons. The molecule has 0 fully saturated rings. The van der Waals surface area contributed by atoms with E-state index in [0.29, 0.717) is 0 Å². The Labute approximate surface area is 136 Å². The SMILES string of the molecule is c1ccc2c(c1)nc(-c1cscn1)n2CCCCc1nn[nH]n1. The molecule has 0 bridgehead atoms. The number of tetrazole rings is 1. The van der Waals surface area contributed by atoms with E-state index in [4.69, 9.17) is 4.98 Å². The second-order valence-electron chi connectivity index (χ2n) is 5.23. The number of aromatic amines is 1. The van der Waals surface area contributed by atoms with Gasteiger partial charge >= 0.3 is 0 Å². The third kappa shape index (κ3) is 2.85. The fourth-order valence-electron chi connectivity index (χ4n) is 2.66. The predicted molar refractivity (Wildman–Crippen MR) is 88.0 cm³/mol. The van der Waals surface area contributed by atoms with E-state index < -0.39 is 0 Å². The Hall–Kier alpha value is -2.61. The van der Waals surface area contributed by atoms with Gasteiger partial charge in [-0.3, -0.25) is 0 Å². The zero-order valence-corrected chi connectivity index (χ0v) is 13.2. The van der Waals surface area contributed by atoms with Crippen LogP contribution in [0.3, 0.4) is 0 Å². The van der Waals surface area contributed by atoms with E-state index in [1.165, 1.54) is 0 Å². The molecule has 4 aromatic rings. The van der Waals surface area contributed by atoms with E-state index in [2.05, 4.69) is 36.2 Å². The van der Waals surface area contributed by atoms with Crippen LogP contribution < -0.4 is 0 Å². The van der Waals surface area contributed by atoms with Gasteiger partial charge in [0.1, 0.15) is 5.69 Å². The topological polar surface area (TPSA) is 85.2 Å². The van der Waals surface area contributed by atoms with Crippen LogP contribution in [0.1, 0.15) is 18.7 Å². The second kappa shape index (κ2) is 6.25. The maximum absolute atomic E-state index is 4.75. The number of rotatable bonds is 6. The van der Waals surface area contributed by atoms with Gasteiger partial charge < -0.3 is 4.57 Å². The van der Waals surface area contributed by atoms with E-state index in [1.54, 1.807) is 11.3 Å². The van der Waals surface area contributed by atoms with Gasteiger partial charge in [-0.25, -0.2) is 9.97 Å². The van der Waals surface area contributed by atoms with Crippen molar-refractivity contribution in [3.8, 4) is 11.5 Å². The maximum Gasteiger partial charge on any atom is 0.174 e. The Morgan fingerprint density at radius 1 is 1.17 bits per heavy atom. The third-order valence-electron chi connectivity index (χ3n) is 3.74. The molecule has 1 N–H and O–H groups in total. The van der Waals surface area contributed by atoms with Gasteiger partial charge in [0.2, 0.25) is 0 Å². The molecule has 3 heterocycles. The summed E-state index contributed by atoms with van der Waals surface area (Å²) in [6.45, 7) is 0.894. The number of hydrogen-bond donors (Lipinski definition) is 1. The van der Waals surface area contributed by atoms with Crippen molar-refractivity contribution in [1.29, 1.82) is 0 Å². The van der Waals surface area contributed by atoms with E-state index in [1.807, 2.05) is 29.1 Å². The summed E-state index contributed by atoms with van der Waals surface area (Å²) in [5.41, 5.74) is 4.93. The largest absolute Gasteiger partial charge is 0.323 e. The summed E-state index contributed by atoms with van der Waals surface area (Å²) in [6, 6.07) is 8.21. The highest BCUT2D eigenvalue weighted by Gasteiger charge is 2.13. The predicted octanol–water partition coefficient (Wildman–Crippen LogP) is 2.70. The molecule has 0 aliphatic heterocycles. The molecule has 0 spiro atoms. The van der Waals surface area contributed by atoms with Crippen molar-refractivity contribution < 1.29 is 0 Å². The lowest BCUT2D eigenvalue weighted by atomic mass is 10.2.